The second-order valence-corrected chi connectivity index (χ2v) is 7.94. The fraction of sp³-hybridized carbons (Fsp3) is 0.500. The number of hydrogen-bond acceptors (Lipinski definition) is 5. The Morgan fingerprint density at radius 2 is 1.80 bits per heavy atom. The lowest BCUT2D eigenvalue weighted by Gasteiger charge is -2.34. The minimum Gasteiger partial charge on any atom is -0.493 e. The number of fused-ring (bicyclic) bond motifs is 2. The van der Waals surface area contributed by atoms with Gasteiger partial charge in [0, 0.05) is 49.6 Å². The minimum atomic E-state index is -0.179. The van der Waals surface area contributed by atoms with Crippen LogP contribution in [-0.2, 0) is 11.2 Å². The number of benzene rings is 2. The van der Waals surface area contributed by atoms with Gasteiger partial charge in [-0.05, 0) is 56.1 Å². The second kappa shape index (κ2) is 9.67. The topological polar surface area (TPSA) is 34.2 Å². The van der Waals surface area contributed by atoms with E-state index in [1.807, 2.05) is 18.2 Å². The summed E-state index contributed by atoms with van der Waals surface area (Å²) in [5, 5.41) is 0. The Kier molecular flexibility index (Phi) is 6.75. The molecule has 0 aromatic heterocycles. The van der Waals surface area contributed by atoms with E-state index in [0.29, 0.717) is 37.5 Å². The first-order valence-corrected chi connectivity index (χ1v) is 10.8. The molecule has 0 bridgehead atoms. The Morgan fingerprint density at radius 1 is 0.967 bits per heavy atom. The number of hydrogen-bond donors (Lipinski definition) is 0. The highest BCUT2D eigenvalue weighted by Crippen LogP contribution is 2.44. The molecule has 0 saturated carbocycles. The number of ether oxygens (including phenoxy) is 3. The van der Waals surface area contributed by atoms with Crippen molar-refractivity contribution in [3.05, 3.63) is 47.3 Å². The molecule has 2 aromatic carbocycles. The van der Waals surface area contributed by atoms with Crippen molar-refractivity contribution in [3.8, 4) is 11.5 Å². The lowest BCUT2D eigenvalue weighted by molar-refractivity contribution is 0.207. The van der Waals surface area contributed by atoms with Gasteiger partial charge in [0.05, 0.1) is 20.3 Å². The van der Waals surface area contributed by atoms with E-state index in [4.69, 9.17) is 14.2 Å². The van der Waals surface area contributed by atoms with Gasteiger partial charge in [-0.1, -0.05) is 6.07 Å². The highest BCUT2D eigenvalue weighted by Gasteiger charge is 2.27. The lowest BCUT2D eigenvalue weighted by Crippen LogP contribution is -2.27. The van der Waals surface area contributed by atoms with Gasteiger partial charge in [0.25, 0.3) is 0 Å². The van der Waals surface area contributed by atoms with E-state index >= 15 is 0 Å². The maximum atomic E-state index is 14.5. The van der Waals surface area contributed by atoms with Crippen molar-refractivity contribution < 1.29 is 18.6 Å². The van der Waals surface area contributed by atoms with Crippen LogP contribution in [0.15, 0.2) is 30.3 Å². The number of likely N-dealkylation sites (tertiary alicyclic amines) is 1. The third-order valence-corrected chi connectivity index (χ3v) is 6.00. The molecule has 2 aromatic rings. The smallest absolute Gasteiger partial charge is 0.163 e. The maximum absolute atomic E-state index is 14.5. The third kappa shape index (κ3) is 4.40. The van der Waals surface area contributed by atoms with Crippen molar-refractivity contribution >= 4 is 11.4 Å². The van der Waals surface area contributed by atoms with Crippen LogP contribution in [0.25, 0.3) is 0 Å². The van der Waals surface area contributed by atoms with Gasteiger partial charge in [-0.3, -0.25) is 0 Å². The molecule has 0 aliphatic carbocycles. The van der Waals surface area contributed by atoms with E-state index in [0.717, 1.165) is 35.7 Å². The summed E-state index contributed by atoms with van der Waals surface area (Å²) in [6.07, 6.45) is 4.13. The zero-order valence-electron chi connectivity index (χ0n) is 18.0. The van der Waals surface area contributed by atoms with Gasteiger partial charge in [-0.15, -0.1) is 0 Å². The molecule has 6 heteroatoms. The van der Waals surface area contributed by atoms with Gasteiger partial charge in [-0.25, -0.2) is 4.39 Å². The highest BCUT2D eigenvalue weighted by molar-refractivity contribution is 5.77. The molecule has 2 aliphatic heterocycles. The van der Waals surface area contributed by atoms with Gasteiger partial charge < -0.3 is 24.0 Å². The number of anilines is 2. The average Bonchev–Trinajstić information content (AvgIpc) is 3.28. The molecule has 0 amide bonds. The summed E-state index contributed by atoms with van der Waals surface area (Å²) in [5.74, 6) is 1.25. The van der Waals surface area contributed by atoms with Crippen LogP contribution < -0.4 is 14.4 Å². The molecule has 0 N–H and O–H groups in total. The lowest BCUT2D eigenvalue weighted by atomic mass is 9.94. The Morgan fingerprint density at radius 3 is 2.57 bits per heavy atom. The SMILES string of the molecule is COCCN1c2cc(OCCCN3CCCC3)c(OC)cc2Cc2c(F)cccc21. The number of rotatable bonds is 9. The summed E-state index contributed by atoms with van der Waals surface area (Å²) in [6, 6.07) is 9.28. The van der Waals surface area contributed by atoms with Crippen LogP contribution in [0, 0.1) is 5.82 Å². The predicted molar refractivity (Wildman–Crippen MR) is 117 cm³/mol. The highest BCUT2D eigenvalue weighted by atomic mass is 19.1. The van der Waals surface area contributed by atoms with Crippen molar-refractivity contribution in [1.29, 1.82) is 0 Å². The molecule has 1 fully saturated rings. The predicted octanol–water partition coefficient (Wildman–Crippen LogP) is 4.39. The molecule has 1 saturated heterocycles. The monoisotopic (exact) mass is 414 g/mol. The van der Waals surface area contributed by atoms with Gasteiger partial charge >= 0.3 is 0 Å². The van der Waals surface area contributed by atoms with E-state index in [-0.39, 0.29) is 5.82 Å². The molecule has 2 aliphatic rings. The van der Waals surface area contributed by atoms with Crippen molar-refractivity contribution in [2.45, 2.75) is 25.7 Å². The summed E-state index contributed by atoms with van der Waals surface area (Å²) in [4.78, 5) is 4.61. The van der Waals surface area contributed by atoms with Crippen LogP contribution in [0.3, 0.4) is 0 Å². The van der Waals surface area contributed by atoms with E-state index < -0.39 is 0 Å². The summed E-state index contributed by atoms with van der Waals surface area (Å²) < 4.78 is 31.6. The van der Waals surface area contributed by atoms with Gasteiger partial charge in [0.2, 0.25) is 0 Å². The van der Waals surface area contributed by atoms with Crippen molar-refractivity contribution in [2.75, 3.05) is 58.5 Å². The van der Waals surface area contributed by atoms with Crippen LogP contribution in [-0.4, -0.2) is 58.5 Å². The third-order valence-electron chi connectivity index (χ3n) is 6.00. The Bertz CT molecular complexity index is 868. The molecule has 0 unspecified atom stereocenters. The van der Waals surface area contributed by atoms with Crippen LogP contribution in [0.5, 0.6) is 11.5 Å². The van der Waals surface area contributed by atoms with E-state index in [1.165, 1.54) is 32.0 Å². The normalized spacial score (nSPS) is 15.8. The maximum Gasteiger partial charge on any atom is 0.163 e. The fourth-order valence-electron chi connectivity index (χ4n) is 4.45. The molecule has 5 nitrogen and oxygen atoms in total. The fourth-order valence-corrected chi connectivity index (χ4v) is 4.45. The first-order valence-electron chi connectivity index (χ1n) is 10.8. The van der Waals surface area contributed by atoms with Gasteiger partial charge in [0.1, 0.15) is 5.82 Å². The Balaban J connectivity index is 1.56. The summed E-state index contributed by atoms with van der Waals surface area (Å²) >= 11 is 0. The van der Waals surface area contributed by atoms with Crippen LogP contribution in [0.4, 0.5) is 15.8 Å². The van der Waals surface area contributed by atoms with E-state index in [1.54, 1.807) is 20.3 Å². The molecule has 0 atom stereocenters. The number of nitrogens with zero attached hydrogens (tertiary/aromatic N) is 2. The quantitative estimate of drug-likeness (QED) is 0.569. The molecule has 4 rings (SSSR count). The Labute approximate surface area is 178 Å². The van der Waals surface area contributed by atoms with Crippen LogP contribution in [0.2, 0.25) is 0 Å². The molecule has 162 valence electrons. The summed E-state index contributed by atoms with van der Waals surface area (Å²) in [6.45, 7) is 5.31. The zero-order valence-corrected chi connectivity index (χ0v) is 18.0. The first-order chi connectivity index (χ1) is 14.7. The van der Waals surface area contributed by atoms with Crippen LogP contribution >= 0.6 is 0 Å². The van der Waals surface area contributed by atoms with Gasteiger partial charge in [-0.2, -0.15) is 0 Å². The van der Waals surface area contributed by atoms with Gasteiger partial charge in [0.15, 0.2) is 11.5 Å². The molecule has 30 heavy (non-hydrogen) atoms. The molecule has 2 heterocycles. The minimum absolute atomic E-state index is 0.179. The van der Waals surface area contributed by atoms with Crippen LogP contribution in [0.1, 0.15) is 30.4 Å². The second-order valence-electron chi connectivity index (χ2n) is 7.94. The largest absolute Gasteiger partial charge is 0.493 e. The summed E-state index contributed by atoms with van der Waals surface area (Å²) in [5.41, 5.74) is 3.66. The van der Waals surface area contributed by atoms with Crippen molar-refractivity contribution in [2.24, 2.45) is 0 Å². The van der Waals surface area contributed by atoms with E-state index in [9.17, 15) is 4.39 Å². The zero-order chi connectivity index (χ0) is 20.9. The molecular weight excluding hydrogens is 383 g/mol. The molecular formula is C24H31FN2O3. The first kappa shape index (κ1) is 20.9. The Hall–Kier alpha value is -2.31. The standard InChI is InChI=1S/C24H31FN2O3/c1-28-14-12-27-21-8-5-7-20(25)19(21)15-18-16-23(29-2)24(17-22(18)27)30-13-6-11-26-9-3-4-10-26/h5,7-8,16-17H,3-4,6,9-15H2,1-2H3. The number of methoxy groups -OCH3 is 2. The summed E-state index contributed by atoms with van der Waals surface area (Å²) in [7, 11) is 3.33. The van der Waals surface area contributed by atoms with E-state index in [2.05, 4.69) is 9.80 Å². The molecule has 0 spiro atoms. The molecule has 0 radical (unpaired) electrons. The van der Waals surface area contributed by atoms with Crippen molar-refractivity contribution in [3.63, 3.8) is 0 Å². The number of halogens is 1. The van der Waals surface area contributed by atoms with Crippen molar-refractivity contribution in [1.82, 2.24) is 4.90 Å². The average molecular weight is 415 g/mol.